The number of Topliss-reactive ketones (excluding diaryl/α,β-unsaturated/α-hetero) is 1. The van der Waals surface area contributed by atoms with Gasteiger partial charge in [0, 0.05) is 42.1 Å². The van der Waals surface area contributed by atoms with E-state index in [0.29, 0.717) is 35.4 Å². The number of carbonyl (C=O) groups excluding carboxylic acids is 3. The first-order valence-electron chi connectivity index (χ1n) is 11.1. The number of ketones is 1. The summed E-state index contributed by atoms with van der Waals surface area (Å²) < 4.78 is 15.7. The average molecular weight is 462 g/mol. The smallest absolute Gasteiger partial charge is 0.336 e. The highest BCUT2D eigenvalue weighted by atomic mass is 16.5. The van der Waals surface area contributed by atoms with Crippen LogP contribution in [-0.2, 0) is 19.1 Å². The van der Waals surface area contributed by atoms with Gasteiger partial charge in [-0.25, -0.2) is 4.79 Å². The first kappa shape index (κ1) is 23.3. The molecular formula is C27H27NO6. The molecule has 2 aromatic rings. The number of hydrogen-bond donors (Lipinski definition) is 1. The van der Waals surface area contributed by atoms with Crippen LogP contribution in [0.2, 0.25) is 0 Å². The number of carbonyl (C=O) groups is 3. The maximum absolute atomic E-state index is 13.6. The van der Waals surface area contributed by atoms with Gasteiger partial charge in [0.1, 0.15) is 11.5 Å². The number of rotatable bonds is 5. The van der Waals surface area contributed by atoms with Crippen molar-refractivity contribution in [1.82, 2.24) is 5.32 Å². The van der Waals surface area contributed by atoms with E-state index in [2.05, 4.69) is 5.32 Å². The van der Waals surface area contributed by atoms with Crippen LogP contribution in [0.5, 0.6) is 11.5 Å². The van der Waals surface area contributed by atoms with Gasteiger partial charge in [0.05, 0.1) is 19.8 Å². The third-order valence-electron chi connectivity index (χ3n) is 6.29. The summed E-state index contributed by atoms with van der Waals surface area (Å²) in [5.41, 5.74) is 4.13. The lowest BCUT2D eigenvalue weighted by molar-refractivity contribution is -0.136. The van der Waals surface area contributed by atoms with E-state index in [1.165, 1.54) is 14.0 Å². The zero-order valence-electron chi connectivity index (χ0n) is 19.6. The van der Waals surface area contributed by atoms with Gasteiger partial charge in [-0.2, -0.15) is 0 Å². The van der Waals surface area contributed by atoms with E-state index in [-0.39, 0.29) is 11.7 Å². The van der Waals surface area contributed by atoms with Gasteiger partial charge in [0.15, 0.2) is 5.78 Å². The van der Waals surface area contributed by atoms with E-state index >= 15 is 0 Å². The molecule has 7 heteroatoms. The number of methoxy groups -OCH3 is 2. The number of ether oxygens (including phenoxy) is 3. The summed E-state index contributed by atoms with van der Waals surface area (Å²) in [5.74, 6) is -0.435. The Hall–Kier alpha value is -3.87. The second kappa shape index (κ2) is 9.55. The number of para-hydroxylation sites is 1. The Morgan fingerprint density at radius 1 is 1.00 bits per heavy atom. The summed E-state index contributed by atoms with van der Waals surface area (Å²) in [4.78, 5) is 37.7. The maximum atomic E-state index is 13.6. The molecule has 0 amide bonds. The molecule has 0 unspecified atom stereocenters. The predicted octanol–water partition coefficient (Wildman–Crippen LogP) is 4.16. The molecule has 2 aromatic carbocycles. The molecule has 0 bridgehead atoms. The van der Waals surface area contributed by atoms with E-state index in [0.717, 1.165) is 22.6 Å². The Kier molecular flexibility index (Phi) is 6.54. The van der Waals surface area contributed by atoms with Crippen molar-refractivity contribution in [3.63, 3.8) is 0 Å². The summed E-state index contributed by atoms with van der Waals surface area (Å²) in [6, 6.07) is 14.6. The highest BCUT2D eigenvalue weighted by Crippen LogP contribution is 2.47. The molecule has 1 N–H and O–H groups in total. The fraction of sp³-hybridized carbons (Fsp3) is 0.296. The Morgan fingerprint density at radius 2 is 1.71 bits per heavy atom. The quantitative estimate of drug-likeness (QED) is 0.528. The van der Waals surface area contributed by atoms with E-state index in [9.17, 15) is 14.4 Å². The SMILES string of the molecule is COC(=O)C1=C(C)NC2=C(C(=O)C[C@H](c3ccccc3OC)C2)[C@@H]1c1ccc(OC(C)=O)cc1. The lowest BCUT2D eigenvalue weighted by Crippen LogP contribution is -2.36. The predicted molar refractivity (Wildman–Crippen MR) is 125 cm³/mol. The maximum Gasteiger partial charge on any atom is 0.336 e. The van der Waals surface area contributed by atoms with Crippen LogP contribution in [0.25, 0.3) is 0 Å². The van der Waals surface area contributed by atoms with Crippen LogP contribution in [0, 0.1) is 0 Å². The summed E-state index contributed by atoms with van der Waals surface area (Å²) in [7, 11) is 2.95. The van der Waals surface area contributed by atoms with Gasteiger partial charge in [0.2, 0.25) is 0 Å². The number of allylic oxidation sites excluding steroid dienone is 3. The fourth-order valence-corrected chi connectivity index (χ4v) is 4.87. The lowest BCUT2D eigenvalue weighted by atomic mass is 9.71. The van der Waals surface area contributed by atoms with Crippen LogP contribution in [-0.4, -0.2) is 31.9 Å². The molecule has 0 spiro atoms. The van der Waals surface area contributed by atoms with E-state index in [1.54, 1.807) is 31.4 Å². The topological polar surface area (TPSA) is 90.9 Å². The number of hydrogen-bond acceptors (Lipinski definition) is 7. The Balaban J connectivity index is 1.78. The Labute approximate surface area is 198 Å². The van der Waals surface area contributed by atoms with Crippen molar-refractivity contribution in [2.45, 2.75) is 38.5 Å². The van der Waals surface area contributed by atoms with Crippen molar-refractivity contribution < 1.29 is 28.6 Å². The largest absolute Gasteiger partial charge is 0.496 e. The van der Waals surface area contributed by atoms with Crippen LogP contribution in [0.1, 0.15) is 49.7 Å². The molecule has 2 atom stereocenters. The molecule has 4 rings (SSSR count). The molecule has 0 fully saturated rings. The van der Waals surface area contributed by atoms with Crippen molar-refractivity contribution in [3.05, 3.63) is 82.2 Å². The zero-order chi connectivity index (χ0) is 24.4. The van der Waals surface area contributed by atoms with Gasteiger partial charge in [-0.05, 0) is 42.7 Å². The number of esters is 2. The molecule has 0 saturated carbocycles. The highest BCUT2D eigenvalue weighted by Gasteiger charge is 2.41. The van der Waals surface area contributed by atoms with Gasteiger partial charge in [0.25, 0.3) is 0 Å². The molecule has 7 nitrogen and oxygen atoms in total. The number of dihydropyridines is 1. The normalized spacial score (nSPS) is 19.8. The second-order valence-corrected chi connectivity index (χ2v) is 8.41. The number of nitrogens with one attached hydrogen (secondary N) is 1. The third-order valence-corrected chi connectivity index (χ3v) is 6.29. The minimum atomic E-state index is -0.582. The van der Waals surface area contributed by atoms with Crippen LogP contribution in [0.4, 0.5) is 0 Å². The fourth-order valence-electron chi connectivity index (χ4n) is 4.87. The lowest BCUT2D eigenvalue weighted by Gasteiger charge is -2.36. The van der Waals surface area contributed by atoms with Crippen LogP contribution in [0.3, 0.4) is 0 Å². The second-order valence-electron chi connectivity index (χ2n) is 8.41. The molecule has 176 valence electrons. The summed E-state index contributed by atoms with van der Waals surface area (Å²) in [6.45, 7) is 3.14. The summed E-state index contributed by atoms with van der Waals surface area (Å²) >= 11 is 0. The molecular weight excluding hydrogens is 434 g/mol. The van der Waals surface area contributed by atoms with Crippen molar-refractivity contribution in [2.75, 3.05) is 14.2 Å². The molecule has 0 aromatic heterocycles. The standard InChI is InChI=1S/C27H27NO6/c1-15-24(27(31)33-4)25(17-9-11-19(12-10-17)34-16(2)29)26-21(28-15)13-18(14-22(26)30)20-7-5-6-8-23(20)32-3/h5-12,18,25,28H,13-14H2,1-4H3/t18-,25-/m1/s1. The van der Waals surface area contributed by atoms with Crippen molar-refractivity contribution in [3.8, 4) is 11.5 Å². The molecule has 1 aliphatic heterocycles. The molecule has 1 heterocycles. The molecule has 1 aliphatic carbocycles. The molecule has 0 saturated heterocycles. The molecule has 2 aliphatic rings. The average Bonchev–Trinajstić information content (AvgIpc) is 2.82. The highest BCUT2D eigenvalue weighted by molar-refractivity contribution is 6.04. The number of benzene rings is 2. The van der Waals surface area contributed by atoms with E-state index in [1.807, 2.05) is 31.2 Å². The monoisotopic (exact) mass is 461 g/mol. The van der Waals surface area contributed by atoms with Gasteiger partial charge in [-0.1, -0.05) is 30.3 Å². The molecule has 0 radical (unpaired) electrons. The summed E-state index contributed by atoms with van der Waals surface area (Å²) in [6.07, 6.45) is 0.908. The van der Waals surface area contributed by atoms with Crippen molar-refractivity contribution >= 4 is 17.7 Å². The van der Waals surface area contributed by atoms with Crippen LogP contribution in [0.15, 0.2) is 71.1 Å². The van der Waals surface area contributed by atoms with E-state index < -0.39 is 17.9 Å². The van der Waals surface area contributed by atoms with Crippen LogP contribution >= 0.6 is 0 Å². The van der Waals surface area contributed by atoms with Gasteiger partial charge >= 0.3 is 11.9 Å². The first-order chi connectivity index (χ1) is 16.3. The van der Waals surface area contributed by atoms with Crippen LogP contribution < -0.4 is 14.8 Å². The minimum absolute atomic E-state index is 0.0346. The summed E-state index contributed by atoms with van der Waals surface area (Å²) in [5, 5.41) is 3.32. The minimum Gasteiger partial charge on any atom is -0.496 e. The first-order valence-corrected chi connectivity index (χ1v) is 11.1. The van der Waals surface area contributed by atoms with Gasteiger partial charge in [-0.15, -0.1) is 0 Å². The third kappa shape index (κ3) is 4.33. The van der Waals surface area contributed by atoms with Crippen molar-refractivity contribution in [1.29, 1.82) is 0 Å². The molecule has 34 heavy (non-hydrogen) atoms. The van der Waals surface area contributed by atoms with E-state index in [4.69, 9.17) is 14.2 Å². The Bertz CT molecular complexity index is 1210. The van der Waals surface area contributed by atoms with Gasteiger partial charge < -0.3 is 19.5 Å². The van der Waals surface area contributed by atoms with Gasteiger partial charge in [-0.3, -0.25) is 9.59 Å². The Morgan fingerprint density at radius 3 is 2.35 bits per heavy atom. The van der Waals surface area contributed by atoms with Crippen molar-refractivity contribution in [2.24, 2.45) is 0 Å². The zero-order valence-corrected chi connectivity index (χ0v) is 19.6.